The van der Waals surface area contributed by atoms with Crippen molar-refractivity contribution in [3.63, 3.8) is 0 Å². The Hall–Kier alpha value is -3.72. The van der Waals surface area contributed by atoms with Crippen LogP contribution in [-0.4, -0.2) is 15.3 Å². The normalized spacial score (nSPS) is 19.2. The van der Waals surface area contributed by atoms with E-state index in [1.54, 1.807) is 24.3 Å². The first-order valence-corrected chi connectivity index (χ1v) is 12.8. The highest BCUT2D eigenvalue weighted by molar-refractivity contribution is 5.57. The Morgan fingerprint density at radius 1 is 0.750 bits per heavy atom. The Labute approximate surface area is 213 Å². The molecule has 0 radical (unpaired) electrons. The smallest absolute Gasteiger partial charge is 0.119 e. The van der Waals surface area contributed by atoms with Gasteiger partial charge in [-0.2, -0.15) is 0 Å². The summed E-state index contributed by atoms with van der Waals surface area (Å²) in [7, 11) is 0. The summed E-state index contributed by atoms with van der Waals surface area (Å²) in [5.41, 5.74) is 6.35. The lowest BCUT2D eigenvalue weighted by Crippen LogP contribution is -2.32. The van der Waals surface area contributed by atoms with Gasteiger partial charge in [0, 0.05) is 22.3 Å². The quantitative estimate of drug-likeness (QED) is 0.268. The van der Waals surface area contributed by atoms with Gasteiger partial charge in [-0.1, -0.05) is 87.9 Å². The minimum Gasteiger partial charge on any atom is -0.508 e. The van der Waals surface area contributed by atoms with Gasteiger partial charge in [0.2, 0.25) is 0 Å². The maximum Gasteiger partial charge on any atom is 0.119 e. The summed E-state index contributed by atoms with van der Waals surface area (Å²) in [5, 5.41) is 31.1. The molecule has 0 saturated heterocycles. The molecule has 5 rings (SSSR count). The van der Waals surface area contributed by atoms with Gasteiger partial charge in [0.05, 0.1) is 0 Å². The summed E-state index contributed by atoms with van der Waals surface area (Å²) in [6.07, 6.45) is 2.85. The van der Waals surface area contributed by atoms with Crippen LogP contribution in [0.2, 0.25) is 0 Å². The van der Waals surface area contributed by atoms with E-state index < -0.39 is 0 Å². The summed E-state index contributed by atoms with van der Waals surface area (Å²) < 4.78 is 0. The Balaban J connectivity index is 1.71. The van der Waals surface area contributed by atoms with Gasteiger partial charge in [-0.15, -0.1) is 0 Å². The van der Waals surface area contributed by atoms with Crippen LogP contribution >= 0.6 is 0 Å². The maximum atomic E-state index is 11.3. The molecule has 0 aliphatic heterocycles. The predicted octanol–water partition coefficient (Wildman–Crippen LogP) is 7.56. The van der Waals surface area contributed by atoms with Crippen LogP contribution in [0, 0.1) is 0 Å². The van der Waals surface area contributed by atoms with E-state index in [0.29, 0.717) is 5.75 Å². The molecule has 0 heterocycles. The number of hydrogen-bond acceptors (Lipinski definition) is 3. The van der Waals surface area contributed by atoms with Gasteiger partial charge < -0.3 is 15.3 Å². The number of benzene rings is 4. The fourth-order valence-corrected chi connectivity index (χ4v) is 6.29. The monoisotopic (exact) mass is 478 g/mol. The summed E-state index contributed by atoms with van der Waals surface area (Å²) >= 11 is 0. The number of aromatic hydroxyl groups is 3. The van der Waals surface area contributed by atoms with E-state index in [1.807, 2.05) is 36.4 Å². The van der Waals surface area contributed by atoms with Crippen molar-refractivity contribution in [2.24, 2.45) is 0 Å². The summed E-state index contributed by atoms with van der Waals surface area (Å²) in [4.78, 5) is 0. The lowest BCUT2D eigenvalue weighted by molar-refractivity contribution is 0.358. The molecule has 3 N–H and O–H groups in total. The van der Waals surface area contributed by atoms with Gasteiger partial charge in [-0.3, -0.25) is 0 Å². The van der Waals surface area contributed by atoms with Crippen molar-refractivity contribution < 1.29 is 15.3 Å². The fraction of sp³-hybridized carbons (Fsp3) is 0.273. The van der Waals surface area contributed by atoms with E-state index in [-0.39, 0.29) is 28.2 Å². The zero-order valence-electron chi connectivity index (χ0n) is 21.2. The molecule has 4 aromatic carbocycles. The Morgan fingerprint density at radius 2 is 1.36 bits per heavy atom. The first-order valence-electron chi connectivity index (χ1n) is 12.8. The first-order chi connectivity index (χ1) is 17.3. The van der Waals surface area contributed by atoms with Crippen molar-refractivity contribution in [3.05, 3.63) is 124 Å². The number of phenolic OH excluding ortho intramolecular Hbond substituents is 3. The standard InChI is InChI=1S/C33H34O3/c1-4-19-33(24-11-16-27(35)17-12-24)21-22-7-5-6-8-28(22)31(33)29-20-25(13-18-30(29)36)32(2,3)23-9-14-26(34)15-10-23/h5-18,20,31,34-36H,4,19,21H2,1-3H3. The van der Waals surface area contributed by atoms with Crippen LogP contribution < -0.4 is 0 Å². The van der Waals surface area contributed by atoms with E-state index in [4.69, 9.17) is 0 Å². The molecule has 0 bridgehead atoms. The van der Waals surface area contributed by atoms with Gasteiger partial charge in [-0.05, 0) is 71.0 Å². The number of fused-ring (bicyclic) bond motifs is 1. The molecule has 0 aromatic heterocycles. The Kier molecular flexibility index (Phi) is 6.04. The van der Waals surface area contributed by atoms with Crippen molar-refractivity contribution in [3.8, 4) is 17.2 Å². The third kappa shape index (κ3) is 3.93. The van der Waals surface area contributed by atoms with Crippen LogP contribution in [0.4, 0.5) is 0 Å². The SMILES string of the molecule is CCCC1(c2ccc(O)cc2)Cc2ccccc2C1c1cc(C(C)(C)c2ccc(O)cc2)ccc1O. The van der Waals surface area contributed by atoms with Gasteiger partial charge >= 0.3 is 0 Å². The van der Waals surface area contributed by atoms with E-state index in [9.17, 15) is 15.3 Å². The first kappa shape index (κ1) is 24.0. The lowest BCUT2D eigenvalue weighted by Gasteiger charge is -2.38. The molecule has 0 amide bonds. The molecular weight excluding hydrogens is 444 g/mol. The van der Waals surface area contributed by atoms with Crippen molar-refractivity contribution in [1.29, 1.82) is 0 Å². The summed E-state index contributed by atoms with van der Waals surface area (Å²) in [5.74, 6) is 0.801. The molecule has 36 heavy (non-hydrogen) atoms. The molecule has 1 aliphatic rings. The molecule has 0 spiro atoms. The molecule has 0 fully saturated rings. The van der Waals surface area contributed by atoms with Crippen LogP contribution in [0.3, 0.4) is 0 Å². The molecule has 0 saturated carbocycles. The Morgan fingerprint density at radius 3 is 2.03 bits per heavy atom. The van der Waals surface area contributed by atoms with Crippen molar-refractivity contribution in [1.82, 2.24) is 0 Å². The predicted molar refractivity (Wildman–Crippen MR) is 145 cm³/mol. The number of rotatable bonds is 6. The third-order valence-corrected chi connectivity index (χ3v) is 8.21. The minimum absolute atomic E-state index is 0.0197. The zero-order valence-corrected chi connectivity index (χ0v) is 21.2. The van der Waals surface area contributed by atoms with Crippen molar-refractivity contribution in [2.45, 2.75) is 56.8 Å². The van der Waals surface area contributed by atoms with Crippen LogP contribution in [0.25, 0.3) is 0 Å². The van der Waals surface area contributed by atoms with E-state index in [0.717, 1.165) is 36.0 Å². The second-order valence-electron chi connectivity index (χ2n) is 10.7. The second kappa shape index (κ2) is 9.05. The summed E-state index contributed by atoms with van der Waals surface area (Å²) in [6.45, 7) is 6.57. The number of phenols is 3. The van der Waals surface area contributed by atoms with Crippen molar-refractivity contribution >= 4 is 0 Å². The molecule has 3 heteroatoms. The summed E-state index contributed by atoms with van der Waals surface area (Å²) in [6, 6.07) is 29.6. The van der Waals surface area contributed by atoms with Gasteiger partial charge in [0.15, 0.2) is 0 Å². The topological polar surface area (TPSA) is 60.7 Å². The van der Waals surface area contributed by atoms with Crippen LogP contribution in [0.1, 0.15) is 72.9 Å². The fourth-order valence-electron chi connectivity index (χ4n) is 6.29. The molecule has 2 unspecified atom stereocenters. The molecule has 4 aromatic rings. The minimum atomic E-state index is -0.319. The second-order valence-corrected chi connectivity index (χ2v) is 10.7. The highest BCUT2D eigenvalue weighted by Crippen LogP contribution is 2.56. The molecule has 3 nitrogen and oxygen atoms in total. The zero-order chi connectivity index (χ0) is 25.5. The van der Waals surface area contributed by atoms with E-state index in [2.05, 4.69) is 51.1 Å². The highest BCUT2D eigenvalue weighted by Gasteiger charge is 2.48. The van der Waals surface area contributed by atoms with Gasteiger partial charge in [-0.25, -0.2) is 0 Å². The van der Waals surface area contributed by atoms with Gasteiger partial charge in [0.25, 0.3) is 0 Å². The van der Waals surface area contributed by atoms with Crippen LogP contribution in [-0.2, 0) is 17.3 Å². The molecule has 1 aliphatic carbocycles. The molecular formula is C33H34O3. The number of hydrogen-bond donors (Lipinski definition) is 3. The average molecular weight is 479 g/mol. The Bertz CT molecular complexity index is 1370. The lowest BCUT2D eigenvalue weighted by atomic mass is 9.65. The largest absolute Gasteiger partial charge is 0.508 e. The van der Waals surface area contributed by atoms with E-state index in [1.165, 1.54) is 16.7 Å². The third-order valence-electron chi connectivity index (χ3n) is 8.21. The van der Waals surface area contributed by atoms with Crippen molar-refractivity contribution in [2.75, 3.05) is 0 Å². The van der Waals surface area contributed by atoms with Crippen LogP contribution in [0.5, 0.6) is 17.2 Å². The van der Waals surface area contributed by atoms with Gasteiger partial charge in [0.1, 0.15) is 17.2 Å². The highest BCUT2D eigenvalue weighted by atomic mass is 16.3. The molecule has 2 atom stereocenters. The average Bonchev–Trinajstić information content (AvgIpc) is 3.20. The maximum absolute atomic E-state index is 11.3. The van der Waals surface area contributed by atoms with Crippen LogP contribution in [0.15, 0.2) is 91.0 Å². The molecule has 184 valence electrons. The van der Waals surface area contributed by atoms with E-state index >= 15 is 0 Å².